The first-order valence-electron chi connectivity index (χ1n) is 10.6. The largest absolute Gasteiger partial charge is 0.494 e. The van der Waals surface area contributed by atoms with Gasteiger partial charge in [0.2, 0.25) is 11.7 Å². The second-order valence-corrected chi connectivity index (χ2v) is 7.80. The quantitative estimate of drug-likeness (QED) is 0.638. The van der Waals surface area contributed by atoms with E-state index in [4.69, 9.17) is 18.9 Å². The van der Waals surface area contributed by atoms with Gasteiger partial charge in [0.1, 0.15) is 0 Å². The van der Waals surface area contributed by atoms with Crippen LogP contribution in [0.5, 0.6) is 23.0 Å². The predicted octanol–water partition coefficient (Wildman–Crippen LogP) is 3.18. The number of benzene rings is 2. The molecule has 1 fully saturated rings. The molecule has 1 heterocycles. The molecule has 0 radical (unpaired) electrons. The maximum absolute atomic E-state index is 13.9. The molecule has 1 saturated heterocycles. The molecule has 7 nitrogen and oxygen atoms in total. The van der Waals surface area contributed by atoms with E-state index in [1.807, 2.05) is 6.07 Å². The highest BCUT2D eigenvalue weighted by molar-refractivity contribution is 5.79. The number of nitrogens with one attached hydrogen (secondary N) is 1. The number of likely N-dealkylation sites (tertiary alicyclic amines) is 1. The second kappa shape index (κ2) is 11.0. The molecular formula is C24H31FN2O5. The normalized spacial score (nSPS) is 14.7. The number of hydrogen-bond donors (Lipinski definition) is 1. The first kappa shape index (κ1) is 23.7. The van der Waals surface area contributed by atoms with Gasteiger partial charge in [-0.15, -0.1) is 0 Å². The van der Waals surface area contributed by atoms with Crippen molar-refractivity contribution in [2.75, 3.05) is 41.5 Å². The van der Waals surface area contributed by atoms with E-state index in [0.29, 0.717) is 23.8 Å². The van der Waals surface area contributed by atoms with Crippen LogP contribution < -0.4 is 24.3 Å². The van der Waals surface area contributed by atoms with Gasteiger partial charge in [0.05, 0.1) is 34.9 Å². The number of piperidine rings is 1. The molecule has 1 N–H and O–H groups in total. The smallest absolute Gasteiger partial charge is 0.224 e. The molecule has 0 spiro atoms. The lowest BCUT2D eigenvalue weighted by Crippen LogP contribution is -2.44. The van der Waals surface area contributed by atoms with Crippen molar-refractivity contribution >= 4 is 5.91 Å². The molecule has 1 aliphatic heterocycles. The molecule has 8 heteroatoms. The Morgan fingerprint density at radius 1 is 0.938 bits per heavy atom. The van der Waals surface area contributed by atoms with Gasteiger partial charge in [-0.2, -0.15) is 0 Å². The molecule has 0 aliphatic carbocycles. The summed E-state index contributed by atoms with van der Waals surface area (Å²) in [7, 11) is 6.10. The Labute approximate surface area is 188 Å². The van der Waals surface area contributed by atoms with Crippen LogP contribution in [0.1, 0.15) is 24.0 Å². The Bertz CT molecular complexity index is 904. The topological polar surface area (TPSA) is 69.3 Å². The molecule has 2 aromatic rings. The highest BCUT2D eigenvalue weighted by Crippen LogP contribution is 2.38. The molecule has 32 heavy (non-hydrogen) atoms. The van der Waals surface area contributed by atoms with Crippen LogP contribution in [-0.4, -0.2) is 58.4 Å². The Morgan fingerprint density at radius 3 is 2.09 bits per heavy atom. The van der Waals surface area contributed by atoms with Crippen molar-refractivity contribution < 1.29 is 28.1 Å². The molecule has 3 rings (SSSR count). The Kier molecular flexibility index (Phi) is 8.16. The van der Waals surface area contributed by atoms with Gasteiger partial charge in [0.15, 0.2) is 23.1 Å². The van der Waals surface area contributed by atoms with E-state index in [1.54, 1.807) is 39.5 Å². The van der Waals surface area contributed by atoms with Crippen LogP contribution >= 0.6 is 0 Å². The Balaban J connectivity index is 1.51. The van der Waals surface area contributed by atoms with E-state index in [-0.39, 0.29) is 29.9 Å². The highest BCUT2D eigenvalue weighted by atomic mass is 19.1. The third-order valence-corrected chi connectivity index (χ3v) is 5.66. The minimum atomic E-state index is -0.348. The van der Waals surface area contributed by atoms with Gasteiger partial charge in [0.25, 0.3) is 0 Å². The molecule has 1 amide bonds. The van der Waals surface area contributed by atoms with E-state index in [0.717, 1.165) is 37.1 Å². The van der Waals surface area contributed by atoms with Crippen molar-refractivity contribution in [3.05, 3.63) is 47.3 Å². The summed E-state index contributed by atoms with van der Waals surface area (Å²) in [6.07, 6.45) is 1.92. The van der Waals surface area contributed by atoms with Crippen molar-refractivity contribution in [1.29, 1.82) is 0 Å². The fourth-order valence-corrected chi connectivity index (χ4v) is 4.00. The van der Waals surface area contributed by atoms with Gasteiger partial charge in [-0.25, -0.2) is 4.39 Å². The lowest BCUT2D eigenvalue weighted by Gasteiger charge is -2.32. The molecular weight excluding hydrogens is 415 g/mol. The molecule has 0 saturated carbocycles. The number of amides is 1. The van der Waals surface area contributed by atoms with E-state index in [1.165, 1.54) is 13.2 Å². The summed E-state index contributed by atoms with van der Waals surface area (Å²) < 4.78 is 34.9. The van der Waals surface area contributed by atoms with Crippen LogP contribution in [0.4, 0.5) is 4.39 Å². The van der Waals surface area contributed by atoms with E-state index in [2.05, 4.69) is 10.2 Å². The summed E-state index contributed by atoms with van der Waals surface area (Å²) in [5, 5.41) is 3.12. The number of rotatable bonds is 9. The monoisotopic (exact) mass is 446 g/mol. The summed E-state index contributed by atoms with van der Waals surface area (Å²) in [6, 6.07) is 8.75. The lowest BCUT2D eigenvalue weighted by atomic mass is 10.0. The Hall–Kier alpha value is -3.00. The molecule has 1 aliphatic rings. The van der Waals surface area contributed by atoms with Gasteiger partial charge >= 0.3 is 0 Å². The van der Waals surface area contributed by atoms with Gasteiger partial charge in [0, 0.05) is 25.7 Å². The fraction of sp³-hybridized carbons (Fsp3) is 0.458. The zero-order valence-corrected chi connectivity index (χ0v) is 19.1. The molecule has 0 atom stereocenters. The fourth-order valence-electron chi connectivity index (χ4n) is 4.00. The first-order chi connectivity index (χ1) is 15.5. The predicted molar refractivity (Wildman–Crippen MR) is 119 cm³/mol. The number of carbonyl (C=O) groups excluding carboxylic acids is 1. The summed E-state index contributed by atoms with van der Waals surface area (Å²) in [5.74, 6) is 1.41. The van der Waals surface area contributed by atoms with Crippen molar-refractivity contribution in [2.45, 2.75) is 31.8 Å². The average Bonchev–Trinajstić information content (AvgIpc) is 2.79. The Morgan fingerprint density at radius 2 is 1.56 bits per heavy atom. The summed E-state index contributed by atoms with van der Waals surface area (Å²) in [4.78, 5) is 14.9. The van der Waals surface area contributed by atoms with Crippen LogP contribution in [0.25, 0.3) is 0 Å². The van der Waals surface area contributed by atoms with Crippen molar-refractivity contribution in [3.8, 4) is 23.0 Å². The minimum absolute atomic E-state index is 0.0463. The second-order valence-electron chi connectivity index (χ2n) is 7.80. The third-order valence-electron chi connectivity index (χ3n) is 5.66. The number of hydrogen-bond acceptors (Lipinski definition) is 6. The van der Waals surface area contributed by atoms with Crippen LogP contribution in [0.15, 0.2) is 30.3 Å². The van der Waals surface area contributed by atoms with Crippen LogP contribution in [-0.2, 0) is 17.8 Å². The third kappa shape index (κ3) is 5.82. The number of nitrogens with zero attached hydrogens (tertiary/aromatic N) is 1. The first-order valence-corrected chi connectivity index (χ1v) is 10.6. The molecule has 174 valence electrons. The SMILES string of the molecule is COc1ccc(CN2CCC(NC(=O)Cc3cc(OC)c(OC)c(OC)c3)CC2)cc1F. The van der Waals surface area contributed by atoms with Gasteiger partial charge in [-0.1, -0.05) is 6.07 Å². The highest BCUT2D eigenvalue weighted by Gasteiger charge is 2.22. The van der Waals surface area contributed by atoms with Crippen molar-refractivity contribution in [3.63, 3.8) is 0 Å². The maximum atomic E-state index is 13.9. The molecule has 0 unspecified atom stereocenters. The number of halogens is 1. The zero-order valence-electron chi connectivity index (χ0n) is 19.1. The average molecular weight is 447 g/mol. The van der Waals surface area contributed by atoms with Gasteiger partial charge in [-0.3, -0.25) is 9.69 Å². The minimum Gasteiger partial charge on any atom is -0.494 e. The number of carbonyl (C=O) groups is 1. The van der Waals surface area contributed by atoms with E-state index >= 15 is 0 Å². The van der Waals surface area contributed by atoms with Crippen LogP contribution in [0.2, 0.25) is 0 Å². The zero-order chi connectivity index (χ0) is 23.1. The summed E-state index contributed by atoms with van der Waals surface area (Å²) in [5.41, 5.74) is 1.70. The van der Waals surface area contributed by atoms with E-state index in [9.17, 15) is 9.18 Å². The van der Waals surface area contributed by atoms with Gasteiger partial charge < -0.3 is 24.3 Å². The van der Waals surface area contributed by atoms with Crippen LogP contribution in [0, 0.1) is 5.82 Å². The molecule has 0 bridgehead atoms. The maximum Gasteiger partial charge on any atom is 0.224 e. The lowest BCUT2D eigenvalue weighted by molar-refractivity contribution is -0.121. The summed E-state index contributed by atoms with van der Waals surface area (Å²) in [6.45, 7) is 2.35. The standard InChI is InChI=1S/C24H31FN2O5/c1-29-20-6-5-16(11-19(20)25)15-27-9-7-18(8-10-27)26-23(28)14-17-12-21(30-2)24(32-4)22(13-17)31-3/h5-6,11-13,18H,7-10,14-15H2,1-4H3,(H,26,28). The van der Waals surface area contributed by atoms with E-state index < -0.39 is 0 Å². The number of ether oxygens (including phenoxy) is 4. The summed E-state index contributed by atoms with van der Waals surface area (Å²) >= 11 is 0. The number of methoxy groups -OCH3 is 4. The van der Waals surface area contributed by atoms with Gasteiger partial charge in [-0.05, 0) is 48.2 Å². The molecule has 2 aromatic carbocycles. The van der Waals surface area contributed by atoms with Crippen molar-refractivity contribution in [1.82, 2.24) is 10.2 Å². The molecule has 0 aromatic heterocycles. The van der Waals surface area contributed by atoms with Crippen LogP contribution in [0.3, 0.4) is 0 Å². The van der Waals surface area contributed by atoms with Crippen molar-refractivity contribution in [2.24, 2.45) is 0 Å².